The highest BCUT2D eigenvalue weighted by Gasteiger charge is 2.61. The van der Waals surface area contributed by atoms with E-state index >= 15 is 0 Å². The number of hydrogen-bond donors (Lipinski definition) is 2. The first-order valence-corrected chi connectivity index (χ1v) is 8.96. The molecule has 0 spiro atoms. The molecule has 0 radical (unpaired) electrons. The highest BCUT2D eigenvalue weighted by Crippen LogP contribution is 2.64. The van der Waals surface area contributed by atoms with Crippen molar-refractivity contribution in [1.29, 1.82) is 0 Å². The number of carbonyl (C=O) groups excluding carboxylic acids is 1. The zero-order valence-electron chi connectivity index (χ0n) is 13.7. The van der Waals surface area contributed by atoms with E-state index in [1.54, 1.807) is 0 Å². The highest BCUT2D eigenvalue weighted by atomic mass is 16.3. The van der Waals surface area contributed by atoms with E-state index < -0.39 is 0 Å². The zero-order valence-corrected chi connectivity index (χ0v) is 13.7. The van der Waals surface area contributed by atoms with Crippen LogP contribution in [-0.2, 0) is 4.79 Å². The standard InChI is InChI=1S/C19H28O3/c1-18-7-5-12(20)9-11(18)10-15(21)17-13-3-4-16(22)19(13,2)8-6-14(17)18/h9,12-14,16-17,20,22H,3-8,10H2,1-2H3/t12-,13-,14-,16-,17-,18-,19-/m0/s1. The molecule has 22 heavy (non-hydrogen) atoms. The van der Waals surface area contributed by atoms with E-state index in [1.165, 1.54) is 5.57 Å². The highest BCUT2D eigenvalue weighted by molar-refractivity contribution is 5.86. The summed E-state index contributed by atoms with van der Waals surface area (Å²) in [4.78, 5) is 12.9. The lowest BCUT2D eigenvalue weighted by atomic mass is 9.47. The van der Waals surface area contributed by atoms with Crippen molar-refractivity contribution in [3.05, 3.63) is 11.6 Å². The average molecular weight is 304 g/mol. The van der Waals surface area contributed by atoms with Crippen LogP contribution >= 0.6 is 0 Å². The van der Waals surface area contributed by atoms with Gasteiger partial charge in [0.05, 0.1) is 12.2 Å². The van der Waals surface area contributed by atoms with Gasteiger partial charge in [-0.05, 0) is 61.2 Å². The smallest absolute Gasteiger partial charge is 0.140 e. The van der Waals surface area contributed by atoms with Crippen LogP contribution in [0.4, 0.5) is 0 Å². The first kappa shape index (κ1) is 14.9. The van der Waals surface area contributed by atoms with Gasteiger partial charge in [-0.3, -0.25) is 4.79 Å². The van der Waals surface area contributed by atoms with Gasteiger partial charge in [-0.15, -0.1) is 0 Å². The molecule has 0 aromatic carbocycles. The molecule has 3 fully saturated rings. The van der Waals surface area contributed by atoms with Crippen molar-refractivity contribution >= 4 is 5.78 Å². The SMILES string of the molecule is C[C@]12CC[C@H]3[C@@H](C(=O)CC4=C[C@@H](O)CC[C@@]43C)[C@@H]1CC[C@@H]2O. The summed E-state index contributed by atoms with van der Waals surface area (Å²) in [5, 5.41) is 20.4. The maximum absolute atomic E-state index is 12.9. The van der Waals surface area contributed by atoms with Crippen molar-refractivity contribution in [3.63, 3.8) is 0 Å². The van der Waals surface area contributed by atoms with Crippen molar-refractivity contribution in [1.82, 2.24) is 0 Å². The quantitative estimate of drug-likeness (QED) is 0.677. The van der Waals surface area contributed by atoms with Gasteiger partial charge in [0.1, 0.15) is 5.78 Å². The van der Waals surface area contributed by atoms with E-state index in [2.05, 4.69) is 13.8 Å². The third-order valence-electron chi connectivity index (χ3n) is 7.86. The maximum Gasteiger partial charge on any atom is 0.140 e. The van der Waals surface area contributed by atoms with Crippen LogP contribution in [0.1, 0.15) is 58.8 Å². The lowest BCUT2D eigenvalue weighted by Gasteiger charge is -2.57. The second-order valence-electron chi connectivity index (χ2n) is 8.73. The Labute approximate surface area is 132 Å². The number of fused-ring (bicyclic) bond motifs is 5. The molecule has 3 heteroatoms. The fraction of sp³-hybridized carbons (Fsp3) is 0.842. The summed E-state index contributed by atoms with van der Waals surface area (Å²) in [5.41, 5.74) is 1.23. The molecular formula is C19H28O3. The van der Waals surface area contributed by atoms with Crippen LogP contribution in [0.25, 0.3) is 0 Å². The Morgan fingerprint density at radius 2 is 1.82 bits per heavy atom. The van der Waals surface area contributed by atoms with E-state index in [0.717, 1.165) is 38.5 Å². The van der Waals surface area contributed by atoms with Gasteiger partial charge in [-0.1, -0.05) is 25.5 Å². The molecule has 0 unspecified atom stereocenters. The van der Waals surface area contributed by atoms with Gasteiger partial charge in [0, 0.05) is 12.3 Å². The predicted octanol–water partition coefficient (Wildman–Crippen LogP) is 2.85. The number of Topliss-reactive ketones (excluding diaryl/α,β-unsaturated/α-hetero) is 1. The molecule has 0 bridgehead atoms. The van der Waals surface area contributed by atoms with Gasteiger partial charge in [0.2, 0.25) is 0 Å². The molecular weight excluding hydrogens is 276 g/mol. The Morgan fingerprint density at radius 3 is 2.59 bits per heavy atom. The number of rotatable bonds is 0. The number of ketones is 1. The van der Waals surface area contributed by atoms with Gasteiger partial charge in [0.15, 0.2) is 0 Å². The lowest BCUT2D eigenvalue weighted by Crippen LogP contribution is -2.54. The molecule has 4 aliphatic rings. The van der Waals surface area contributed by atoms with Crippen molar-refractivity contribution in [2.24, 2.45) is 28.6 Å². The van der Waals surface area contributed by atoms with Crippen LogP contribution < -0.4 is 0 Å². The molecule has 122 valence electrons. The molecule has 4 rings (SSSR count). The molecule has 7 atom stereocenters. The van der Waals surface area contributed by atoms with Crippen LogP contribution in [0.5, 0.6) is 0 Å². The van der Waals surface area contributed by atoms with Crippen molar-refractivity contribution < 1.29 is 15.0 Å². The summed E-state index contributed by atoms with van der Waals surface area (Å²) in [6.07, 6.45) is 7.66. The Balaban J connectivity index is 1.74. The van der Waals surface area contributed by atoms with Gasteiger partial charge in [-0.25, -0.2) is 0 Å². The Kier molecular flexibility index (Phi) is 3.16. The van der Waals surface area contributed by atoms with Crippen LogP contribution in [0.15, 0.2) is 11.6 Å². The summed E-state index contributed by atoms with van der Waals surface area (Å²) in [7, 11) is 0. The molecule has 0 amide bonds. The number of aliphatic hydroxyl groups is 2. The topological polar surface area (TPSA) is 57.5 Å². The average Bonchev–Trinajstić information content (AvgIpc) is 2.77. The second-order valence-corrected chi connectivity index (χ2v) is 8.73. The molecule has 0 aliphatic heterocycles. The minimum Gasteiger partial charge on any atom is -0.393 e. The van der Waals surface area contributed by atoms with Gasteiger partial charge < -0.3 is 10.2 Å². The summed E-state index contributed by atoms with van der Waals surface area (Å²) < 4.78 is 0. The Morgan fingerprint density at radius 1 is 1.05 bits per heavy atom. The molecule has 0 aromatic rings. The van der Waals surface area contributed by atoms with Crippen LogP contribution in [-0.4, -0.2) is 28.2 Å². The van der Waals surface area contributed by atoms with E-state index in [4.69, 9.17) is 0 Å². The first-order valence-electron chi connectivity index (χ1n) is 8.96. The van der Waals surface area contributed by atoms with Crippen LogP contribution in [0.3, 0.4) is 0 Å². The second kappa shape index (κ2) is 4.67. The summed E-state index contributed by atoms with van der Waals surface area (Å²) in [6, 6.07) is 0. The molecule has 2 N–H and O–H groups in total. The lowest BCUT2D eigenvalue weighted by molar-refractivity contribution is -0.142. The van der Waals surface area contributed by atoms with E-state index in [1.807, 2.05) is 6.08 Å². The monoisotopic (exact) mass is 304 g/mol. The normalized spacial score (nSPS) is 54.3. The number of hydrogen-bond acceptors (Lipinski definition) is 3. The van der Waals surface area contributed by atoms with Crippen LogP contribution in [0.2, 0.25) is 0 Å². The van der Waals surface area contributed by atoms with Crippen molar-refractivity contribution in [2.45, 2.75) is 71.0 Å². The summed E-state index contributed by atoms with van der Waals surface area (Å²) in [6.45, 7) is 4.53. The Hall–Kier alpha value is -0.670. The summed E-state index contributed by atoms with van der Waals surface area (Å²) in [5.74, 6) is 1.27. The molecule has 3 nitrogen and oxygen atoms in total. The summed E-state index contributed by atoms with van der Waals surface area (Å²) >= 11 is 0. The van der Waals surface area contributed by atoms with E-state index in [-0.39, 0.29) is 29.0 Å². The van der Waals surface area contributed by atoms with Crippen LogP contribution in [0, 0.1) is 28.6 Å². The van der Waals surface area contributed by atoms with Crippen molar-refractivity contribution in [3.8, 4) is 0 Å². The minimum absolute atomic E-state index is 0.0530. The first-order chi connectivity index (χ1) is 10.4. The van der Waals surface area contributed by atoms with E-state index in [0.29, 0.717) is 24.0 Å². The zero-order chi connectivity index (χ0) is 15.7. The maximum atomic E-state index is 12.9. The largest absolute Gasteiger partial charge is 0.393 e. The predicted molar refractivity (Wildman–Crippen MR) is 84.1 cm³/mol. The van der Waals surface area contributed by atoms with Gasteiger partial charge in [-0.2, -0.15) is 0 Å². The number of allylic oxidation sites excluding steroid dienone is 1. The van der Waals surface area contributed by atoms with Gasteiger partial charge in [0.25, 0.3) is 0 Å². The number of carbonyl (C=O) groups is 1. The minimum atomic E-state index is -0.366. The fourth-order valence-electron chi connectivity index (χ4n) is 6.38. The van der Waals surface area contributed by atoms with Gasteiger partial charge >= 0.3 is 0 Å². The molecule has 3 saturated carbocycles. The molecule has 0 aromatic heterocycles. The fourth-order valence-corrected chi connectivity index (χ4v) is 6.38. The number of aliphatic hydroxyl groups excluding tert-OH is 2. The molecule has 4 aliphatic carbocycles. The molecule has 0 saturated heterocycles. The third kappa shape index (κ3) is 1.78. The Bertz CT molecular complexity index is 539. The molecule has 0 heterocycles. The van der Waals surface area contributed by atoms with E-state index in [9.17, 15) is 15.0 Å². The third-order valence-corrected chi connectivity index (χ3v) is 7.86. The van der Waals surface area contributed by atoms with Crippen molar-refractivity contribution in [2.75, 3.05) is 0 Å².